The summed E-state index contributed by atoms with van der Waals surface area (Å²) in [6.07, 6.45) is 1.07. The molecular formula is C19H27NO7S. The Morgan fingerprint density at radius 3 is 2.25 bits per heavy atom. The minimum absolute atomic E-state index is 0.0515. The molecule has 1 heterocycles. The third-order valence-electron chi connectivity index (χ3n) is 4.87. The number of sulfone groups is 1. The molecule has 0 saturated carbocycles. The average molecular weight is 413 g/mol. The number of methoxy groups -OCH3 is 2. The Morgan fingerprint density at radius 2 is 1.79 bits per heavy atom. The van der Waals surface area contributed by atoms with Crippen LogP contribution in [0.4, 0.5) is 0 Å². The molecule has 1 aromatic carbocycles. The number of nitrogens with zero attached hydrogens (tertiary/aromatic N) is 1. The van der Waals surface area contributed by atoms with Crippen molar-refractivity contribution < 1.29 is 32.2 Å². The Labute approximate surface area is 165 Å². The molecule has 0 spiro atoms. The number of carbonyl (C=O) groups excluding carboxylic acids is 2. The zero-order chi connectivity index (χ0) is 20.9. The second-order valence-corrected chi connectivity index (χ2v) is 9.02. The molecule has 1 aromatic rings. The van der Waals surface area contributed by atoms with Gasteiger partial charge in [-0.2, -0.15) is 0 Å². The Morgan fingerprint density at radius 1 is 1.18 bits per heavy atom. The van der Waals surface area contributed by atoms with Gasteiger partial charge in [0.05, 0.1) is 31.3 Å². The standard InChI is InChI=1S/C19H27NO7S/c1-5-13(2)20(15-6-7-28(23,24)12-15)18(21)11-27-19(22)14-8-16(25-3)10-17(9-14)26-4/h8-10,13,15H,5-7,11-12H2,1-4H3/t13-,15+/m0/s1. The fraction of sp³-hybridized carbons (Fsp3) is 0.579. The molecule has 0 unspecified atom stereocenters. The van der Waals surface area contributed by atoms with E-state index in [9.17, 15) is 18.0 Å². The Balaban J connectivity index is 2.09. The van der Waals surface area contributed by atoms with E-state index in [1.54, 1.807) is 11.0 Å². The second-order valence-electron chi connectivity index (χ2n) is 6.79. The summed E-state index contributed by atoms with van der Waals surface area (Å²) < 4.78 is 39.0. The lowest BCUT2D eigenvalue weighted by atomic mass is 10.1. The fourth-order valence-electron chi connectivity index (χ4n) is 3.21. The molecule has 0 aliphatic carbocycles. The molecular weight excluding hydrogens is 386 g/mol. The molecule has 1 aliphatic heterocycles. The summed E-state index contributed by atoms with van der Waals surface area (Å²) >= 11 is 0. The third kappa shape index (κ3) is 5.37. The van der Waals surface area contributed by atoms with E-state index in [1.807, 2.05) is 13.8 Å². The Kier molecular flexibility index (Phi) is 7.29. The molecule has 1 saturated heterocycles. The van der Waals surface area contributed by atoms with Gasteiger partial charge in [-0.05, 0) is 31.9 Å². The molecule has 156 valence electrons. The number of esters is 1. The first-order valence-electron chi connectivity index (χ1n) is 9.12. The summed E-state index contributed by atoms with van der Waals surface area (Å²) in [7, 11) is -0.204. The predicted octanol–water partition coefficient (Wildman–Crippen LogP) is 1.67. The number of hydrogen-bond acceptors (Lipinski definition) is 7. The van der Waals surface area contributed by atoms with E-state index in [2.05, 4.69) is 0 Å². The molecule has 1 aliphatic rings. The normalized spacial score (nSPS) is 18.9. The molecule has 0 bridgehead atoms. The monoisotopic (exact) mass is 413 g/mol. The molecule has 0 N–H and O–H groups in total. The number of hydrogen-bond donors (Lipinski definition) is 0. The van der Waals surface area contributed by atoms with Crippen molar-refractivity contribution in [2.24, 2.45) is 0 Å². The summed E-state index contributed by atoms with van der Waals surface area (Å²) in [5, 5.41) is 0. The van der Waals surface area contributed by atoms with Gasteiger partial charge in [-0.1, -0.05) is 6.92 Å². The maximum atomic E-state index is 12.7. The van der Waals surface area contributed by atoms with Crippen molar-refractivity contribution in [3.63, 3.8) is 0 Å². The van der Waals surface area contributed by atoms with E-state index in [0.717, 1.165) is 0 Å². The zero-order valence-electron chi connectivity index (χ0n) is 16.6. The fourth-order valence-corrected chi connectivity index (χ4v) is 4.92. The van der Waals surface area contributed by atoms with Crippen molar-refractivity contribution in [2.45, 2.75) is 38.8 Å². The highest BCUT2D eigenvalue weighted by Gasteiger charge is 2.36. The van der Waals surface area contributed by atoms with Crippen LogP contribution in [0.3, 0.4) is 0 Å². The quantitative estimate of drug-likeness (QED) is 0.598. The van der Waals surface area contributed by atoms with Crippen LogP contribution in [-0.2, 0) is 19.4 Å². The number of amides is 1. The summed E-state index contributed by atoms with van der Waals surface area (Å²) in [4.78, 5) is 26.6. The molecule has 1 fully saturated rings. The number of benzene rings is 1. The topological polar surface area (TPSA) is 99.2 Å². The molecule has 1 amide bonds. The third-order valence-corrected chi connectivity index (χ3v) is 6.62. The lowest BCUT2D eigenvalue weighted by Crippen LogP contribution is -2.48. The minimum Gasteiger partial charge on any atom is -0.497 e. The first kappa shape index (κ1) is 22.0. The van der Waals surface area contributed by atoms with Gasteiger partial charge in [-0.3, -0.25) is 4.79 Å². The summed E-state index contributed by atoms with van der Waals surface area (Å²) in [6.45, 7) is 3.32. The maximum absolute atomic E-state index is 12.7. The lowest BCUT2D eigenvalue weighted by Gasteiger charge is -2.33. The molecule has 8 nitrogen and oxygen atoms in total. The smallest absolute Gasteiger partial charge is 0.338 e. The molecule has 28 heavy (non-hydrogen) atoms. The molecule has 2 rings (SSSR count). The van der Waals surface area contributed by atoms with E-state index in [0.29, 0.717) is 24.3 Å². The highest BCUT2D eigenvalue weighted by atomic mass is 32.2. The minimum atomic E-state index is -3.13. The Bertz CT molecular complexity index is 799. The second kappa shape index (κ2) is 9.27. The van der Waals surface area contributed by atoms with Crippen LogP contribution in [0.15, 0.2) is 18.2 Å². The first-order valence-corrected chi connectivity index (χ1v) is 10.9. The van der Waals surface area contributed by atoms with Gasteiger partial charge in [0.2, 0.25) is 0 Å². The van der Waals surface area contributed by atoms with Crippen molar-refractivity contribution in [1.82, 2.24) is 4.90 Å². The van der Waals surface area contributed by atoms with Crippen LogP contribution in [0, 0.1) is 0 Å². The van der Waals surface area contributed by atoms with Crippen molar-refractivity contribution in [3.8, 4) is 11.5 Å². The largest absolute Gasteiger partial charge is 0.497 e. The molecule has 0 radical (unpaired) electrons. The predicted molar refractivity (Wildman–Crippen MR) is 103 cm³/mol. The first-order chi connectivity index (χ1) is 13.2. The van der Waals surface area contributed by atoms with E-state index in [4.69, 9.17) is 14.2 Å². The average Bonchev–Trinajstić information content (AvgIpc) is 3.04. The number of ether oxygens (including phenoxy) is 3. The van der Waals surface area contributed by atoms with Crippen LogP contribution < -0.4 is 9.47 Å². The highest BCUT2D eigenvalue weighted by Crippen LogP contribution is 2.24. The molecule has 2 atom stereocenters. The number of carbonyl (C=O) groups is 2. The van der Waals surface area contributed by atoms with Crippen LogP contribution in [-0.4, -0.2) is 69.6 Å². The number of rotatable bonds is 8. The van der Waals surface area contributed by atoms with E-state index >= 15 is 0 Å². The maximum Gasteiger partial charge on any atom is 0.338 e. The van der Waals surface area contributed by atoms with E-state index in [1.165, 1.54) is 26.4 Å². The van der Waals surface area contributed by atoms with Crippen molar-refractivity contribution in [3.05, 3.63) is 23.8 Å². The summed E-state index contributed by atoms with van der Waals surface area (Å²) in [5.41, 5.74) is 0.197. The van der Waals surface area contributed by atoms with Crippen LogP contribution in [0.25, 0.3) is 0 Å². The Hall–Kier alpha value is -2.29. The van der Waals surface area contributed by atoms with Crippen LogP contribution >= 0.6 is 0 Å². The van der Waals surface area contributed by atoms with Crippen LogP contribution in [0.1, 0.15) is 37.0 Å². The van der Waals surface area contributed by atoms with Gasteiger partial charge in [-0.25, -0.2) is 13.2 Å². The van der Waals surface area contributed by atoms with Gasteiger partial charge < -0.3 is 19.1 Å². The molecule has 9 heteroatoms. The van der Waals surface area contributed by atoms with Crippen molar-refractivity contribution >= 4 is 21.7 Å². The van der Waals surface area contributed by atoms with Crippen molar-refractivity contribution in [1.29, 1.82) is 0 Å². The zero-order valence-corrected chi connectivity index (χ0v) is 17.5. The van der Waals surface area contributed by atoms with Crippen LogP contribution in [0.2, 0.25) is 0 Å². The van der Waals surface area contributed by atoms with Crippen LogP contribution in [0.5, 0.6) is 11.5 Å². The van der Waals surface area contributed by atoms with Gasteiger partial charge in [0.15, 0.2) is 16.4 Å². The van der Waals surface area contributed by atoms with Gasteiger partial charge in [0.25, 0.3) is 5.91 Å². The summed E-state index contributed by atoms with van der Waals surface area (Å²) in [6, 6.07) is 4.06. The van der Waals surface area contributed by atoms with Crippen molar-refractivity contribution in [2.75, 3.05) is 32.3 Å². The summed E-state index contributed by atoms with van der Waals surface area (Å²) in [5.74, 6) is -0.218. The SMILES string of the molecule is CC[C@H](C)N(C(=O)COC(=O)c1cc(OC)cc(OC)c1)[C@@H]1CCS(=O)(=O)C1. The van der Waals surface area contributed by atoms with E-state index < -0.39 is 28.3 Å². The lowest BCUT2D eigenvalue weighted by molar-refractivity contribution is -0.138. The molecule has 0 aromatic heterocycles. The van der Waals surface area contributed by atoms with E-state index in [-0.39, 0.29) is 29.2 Å². The van der Waals surface area contributed by atoms with Gasteiger partial charge in [0.1, 0.15) is 11.5 Å². The van der Waals surface area contributed by atoms with Gasteiger partial charge in [-0.15, -0.1) is 0 Å². The highest BCUT2D eigenvalue weighted by molar-refractivity contribution is 7.91. The van der Waals surface area contributed by atoms with Gasteiger partial charge >= 0.3 is 5.97 Å². The van der Waals surface area contributed by atoms with Gasteiger partial charge in [0, 0.05) is 18.2 Å².